The highest BCUT2D eigenvalue weighted by Crippen LogP contribution is 2.32. The van der Waals surface area contributed by atoms with E-state index >= 15 is 0 Å². The van der Waals surface area contributed by atoms with E-state index < -0.39 is 12.0 Å². The predicted molar refractivity (Wildman–Crippen MR) is 85.4 cm³/mol. The van der Waals surface area contributed by atoms with Gasteiger partial charge in [0.25, 0.3) is 0 Å². The summed E-state index contributed by atoms with van der Waals surface area (Å²) in [6, 6.07) is 2.61. The molecule has 1 heterocycles. The van der Waals surface area contributed by atoms with Crippen LogP contribution in [0.25, 0.3) is 11.0 Å². The number of phenols is 1. The highest BCUT2D eigenvalue weighted by molar-refractivity contribution is 5.86. The number of rotatable bonds is 5. The molecule has 0 radical (unpaired) electrons. The molecule has 6 heteroatoms. The molecular weight excluding hydrogens is 310 g/mol. The molecule has 1 atom stereocenters. The highest BCUT2D eigenvalue weighted by atomic mass is 16.4. The lowest BCUT2D eigenvalue weighted by molar-refractivity contribution is -0.703. The average Bonchev–Trinajstić information content (AvgIpc) is 2.99. The number of carboxylic acids is 1. The minimum absolute atomic E-state index is 0.000649. The Bertz CT molecular complexity index is 853. The lowest BCUT2D eigenvalue weighted by Crippen LogP contribution is -2.93. The van der Waals surface area contributed by atoms with Crippen molar-refractivity contribution in [3.05, 3.63) is 39.2 Å². The molecule has 0 unspecified atom stereocenters. The largest absolute Gasteiger partial charge is 0.544 e. The van der Waals surface area contributed by atoms with Crippen LogP contribution in [-0.2, 0) is 24.2 Å². The Balaban J connectivity index is 2.05. The first kappa shape index (κ1) is 16.5. The maximum atomic E-state index is 12.2. The standard InChI is InChI=1S/C18H21NO5/c1-9(2)15(17(21)22)19-8-13-14(20)7-6-11-10-4-3-5-12(10)18(23)24-16(11)13/h6-7,9,15,19-20H,3-5,8H2,1-2H3,(H,21,22)/t15-/m1/s1. The van der Waals surface area contributed by atoms with Gasteiger partial charge in [0.2, 0.25) is 0 Å². The van der Waals surface area contributed by atoms with E-state index in [0.29, 0.717) is 11.1 Å². The average molecular weight is 331 g/mol. The highest BCUT2D eigenvalue weighted by Gasteiger charge is 2.24. The number of aliphatic carboxylic acids is 1. The number of phenolic OH excluding ortho intramolecular Hbond substituents is 1. The molecule has 128 valence electrons. The first-order chi connectivity index (χ1) is 11.4. The lowest BCUT2D eigenvalue weighted by atomic mass is 10.0. The van der Waals surface area contributed by atoms with Gasteiger partial charge in [-0.05, 0) is 37.0 Å². The monoisotopic (exact) mass is 331 g/mol. The molecule has 3 rings (SSSR count). The van der Waals surface area contributed by atoms with Gasteiger partial charge < -0.3 is 24.7 Å². The van der Waals surface area contributed by atoms with Gasteiger partial charge in [-0.25, -0.2) is 4.79 Å². The van der Waals surface area contributed by atoms with Gasteiger partial charge in [0.1, 0.15) is 18.3 Å². The number of hydrogen-bond acceptors (Lipinski definition) is 5. The van der Waals surface area contributed by atoms with Crippen LogP contribution < -0.4 is 16.0 Å². The number of carbonyl (C=O) groups excluding carboxylic acids is 1. The minimum Gasteiger partial charge on any atom is -0.544 e. The molecule has 0 saturated heterocycles. The van der Waals surface area contributed by atoms with E-state index in [1.807, 2.05) is 0 Å². The Labute approximate surface area is 139 Å². The van der Waals surface area contributed by atoms with Crippen LogP contribution in [0, 0.1) is 5.92 Å². The molecule has 6 nitrogen and oxygen atoms in total. The first-order valence-corrected chi connectivity index (χ1v) is 8.23. The van der Waals surface area contributed by atoms with Crippen molar-refractivity contribution >= 4 is 16.9 Å². The van der Waals surface area contributed by atoms with Crippen molar-refractivity contribution in [3.8, 4) is 5.75 Å². The summed E-state index contributed by atoms with van der Waals surface area (Å²) in [5, 5.41) is 23.9. The van der Waals surface area contributed by atoms with Crippen LogP contribution in [0.2, 0.25) is 0 Å². The van der Waals surface area contributed by atoms with Gasteiger partial charge in [0, 0.05) is 16.9 Å². The number of carbonyl (C=O) groups is 1. The number of aromatic hydroxyl groups is 1. The summed E-state index contributed by atoms with van der Waals surface area (Å²) in [5.41, 5.74) is 2.16. The third-order valence-corrected chi connectivity index (χ3v) is 4.79. The van der Waals surface area contributed by atoms with E-state index in [9.17, 15) is 19.8 Å². The zero-order valence-electron chi connectivity index (χ0n) is 13.8. The number of aryl methyl sites for hydroxylation is 1. The second-order valence-electron chi connectivity index (χ2n) is 6.67. The normalized spacial score (nSPS) is 15.0. The van der Waals surface area contributed by atoms with Crippen molar-refractivity contribution < 1.29 is 24.7 Å². The molecule has 2 aromatic rings. The zero-order chi connectivity index (χ0) is 17.4. The minimum atomic E-state index is -1.15. The van der Waals surface area contributed by atoms with Gasteiger partial charge in [-0.15, -0.1) is 0 Å². The Morgan fingerprint density at radius 3 is 2.71 bits per heavy atom. The van der Waals surface area contributed by atoms with Gasteiger partial charge in [-0.2, -0.15) is 0 Å². The summed E-state index contributed by atoms with van der Waals surface area (Å²) in [7, 11) is 0. The van der Waals surface area contributed by atoms with Crippen LogP contribution in [0.3, 0.4) is 0 Å². The van der Waals surface area contributed by atoms with E-state index in [1.54, 1.807) is 31.3 Å². The molecule has 1 aromatic heterocycles. The van der Waals surface area contributed by atoms with Gasteiger partial charge in [0.05, 0.1) is 11.5 Å². The van der Waals surface area contributed by atoms with Crippen molar-refractivity contribution in [2.75, 3.05) is 0 Å². The van der Waals surface area contributed by atoms with E-state index in [1.165, 1.54) is 0 Å². The summed E-state index contributed by atoms with van der Waals surface area (Å²) < 4.78 is 5.47. The topological polar surface area (TPSA) is 107 Å². The Hall–Kier alpha value is -2.34. The number of benzene rings is 1. The molecule has 1 aromatic carbocycles. The number of nitrogens with two attached hydrogens (primary N) is 1. The summed E-state index contributed by atoms with van der Waals surface area (Å²) >= 11 is 0. The molecule has 0 bridgehead atoms. The Kier molecular flexibility index (Phi) is 4.32. The Morgan fingerprint density at radius 1 is 1.33 bits per heavy atom. The number of quaternary nitrogens is 1. The number of carboxylic acid groups (broad SMARTS) is 1. The van der Waals surface area contributed by atoms with Crippen molar-refractivity contribution in [1.29, 1.82) is 0 Å². The van der Waals surface area contributed by atoms with Crippen LogP contribution >= 0.6 is 0 Å². The molecule has 0 amide bonds. The van der Waals surface area contributed by atoms with Crippen molar-refractivity contribution in [1.82, 2.24) is 0 Å². The lowest BCUT2D eigenvalue weighted by Gasteiger charge is -2.20. The van der Waals surface area contributed by atoms with E-state index in [-0.39, 0.29) is 23.8 Å². The van der Waals surface area contributed by atoms with E-state index in [2.05, 4.69) is 0 Å². The maximum Gasteiger partial charge on any atom is 0.339 e. The van der Waals surface area contributed by atoms with Crippen molar-refractivity contribution in [3.63, 3.8) is 0 Å². The summed E-state index contributed by atoms with van der Waals surface area (Å²) in [5.74, 6) is -1.27. The van der Waals surface area contributed by atoms with Crippen LogP contribution in [0.15, 0.2) is 21.3 Å². The zero-order valence-corrected chi connectivity index (χ0v) is 13.8. The summed E-state index contributed by atoms with van der Waals surface area (Å²) in [6.45, 7) is 3.79. The molecule has 3 N–H and O–H groups in total. The molecule has 1 aliphatic rings. The molecule has 1 aliphatic carbocycles. The van der Waals surface area contributed by atoms with Crippen LogP contribution in [0.4, 0.5) is 0 Å². The molecule has 0 saturated carbocycles. The summed E-state index contributed by atoms with van der Waals surface area (Å²) in [4.78, 5) is 23.4. The van der Waals surface area contributed by atoms with Crippen LogP contribution in [0.1, 0.15) is 37.0 Å². The van der Waals surface area contributed by atoms with E-state index in [0.717, 1.165) is 35.8 Å². The first-order valence-electron chi connectivity index (χ1n) is 8.23. The second kappa shape index (κ2) is 6.28. The van der Waals surface area contributed by atoms with Gasteiger partial charge >= 0.3 is 5.63 Å². The third kappa shape index (κ3) is 2.78. The van der Waals surface area contributed by atoms with E-state index in [4.69, 9.17) is 4.42 Å². The molecule has 24 heavy (non-hydrogen) atoms. The maximum absolute atomic E-state index is 12.2. The van der Waals surface area contributed by atoms with Crippen molar-refractivity contribution in [2.45, 2.75) is 45.7 Å². The molecule has 0 aliphatic heterocycles. The van der Waals surface area contributed by atoms with Crippen molar-refractivity contribution in [2.24, 2.45) is 5.92 Å². The summed E-state index contributed by atoms with van der Waals surface area (Å²) in [6.07, 6.45) is 2.46. The third-order valence-electron chi connectivity index (χ3n) is 4.79. The van der Waals surface area contributed by atoms with Gasteiger partial charge in [-0.1, -0.05) is 13.8 Å². The fourth-order valence-electron chi connectivity index (χ4n) is 3.47. The van der Waals surface area contributed by atoms with Gasteiger partial charge in [0.15, 0.2) is 5.58 Å². The fraction of sp³-hybridized carbons (Fsp3) is 0.444. The fourth-order valence-corrected chi connectivity index (χ4v) is 3.47. The molecule has 0 fully saturated rings. The smallest absolute Gasteiger partial charge is 0.339 e. The van der Waals surface area contributed by atoms with Gasteiger partial charge in [-0.3, -0.25) is 0 Å². The molecular formula is C18H21NO5. The number of fused-ring (bicyclic) bond motifs is 3. The SMILES string of the molecule is CC(C)[C@@H]([NH2+]Cc1c(O)ccc2c3c(c(=O)oc12)CCC3)C(=O)[O-]. The van der Waals surface area contributed by atoms with Crippen LogP contribution in [0.5, 0.6) is 5.75 Å². The quantitative estimate of drug-likeness (QED) is 0.740. The predicted octanol–water partition coefficient (Wildman–Crippen LogP) is -0.175. The van der Waals surface area contributed by atoms with Crippen LogP contribution in [-0.4, -0.2) is 17.1 Å². The second-order valence-corrected chi connectivity index (χ2v) is 6.67. The Morgan fingerprint density at radius 2 is 2.04 bits per heavy atom. The number of hydrogen-bond donors (Lipinski definition) is 2. The molecule has 0 spiro atoms.